The van der Waals surface area contributed by atoms with Crippen molar-refractivity contribution >= 4 is 11.6 Å². The second kappa shape index (κ2) is 9.40. The van der Waals surface area contributed by atoms with E-state index in [9.17, 15) is 0 Å². The summed E-state index contributed by atoms with van der Waals surface area (Å²) < 4.78 is 11.3. The average Bonchev–Trinajstić information content (AvgIpc) is 2.69. The third-order valence-electron chi connectivity index (χ3n) is 4.17. The predicted molar refractivity (Wildman–Crippen MR) is 108 cm³/mol. The van der Waals surface area contributed by atoms with Crippen molar-refractivity contribution in [1.82, 2.24) is 10.3 Å². The Hall–Kier alpha value is -2.56. The first-order valence-corrected chi connectivity index (χ1v) is 9.18. The Labute approximate surface area is 165 Å². The maximum atomic E-state index is 6.44. The van der Waals surface area contributed by atoms with Gasteiger partial charge in [-0.25, -0.2) is 0 Å². The van der Waals surface area contributed by atoms with Crippen molar-refractivity contribution in [2.75, 3.05) is 7.11 Å². The third-order valence-corrected chi connectivity index (χ3v) is 4.45. The van der Waals surface area contributed by atoms with Crippen LogP contribution in [-0.4, -0.2) is 12.1 Å². The number of methoxy groups -OCH3 is 1. The molecular weight excluding hydrogens is 360 g/mol. The van der Waals surface area contributed by atoms with E-state index in [1.165, 1.54) is 11.1 Å². The molecule has 0 saturated carbocycles. The van der Waals surface area contributed by atoms with Crippen LogP contribution in [0.2, 0.25) is 5.02 Å². The molecule has 27 heavy (non-hydrogen) atoms. The van der Waals surface area contributed by atoms with Crippen molar-refractivity contribution in [2.45, 2.75) is 26.6 Å². The summed E-state index contributed by atoms with van der Waals surface area (Å²) in [7, 11) is 1.62. The van der Waals surface area contributed by atoms with Crippen LogP contribution in [0, 0.1) is 6.92 Å². The second-order valence-electron chi connectivity index (χ2n) is 6.35. The zero-order chi connectivity index (χ0) is 19.1. The Morgan fingerprint density at radius 2 is 1.78 bits per heavy atom. The van der Waals surface area contributed by atoms with E-state index in [-0.39, 0.29) is 0 Å². The number of pyridine rings is 1. The van der Waals surface area contributed by atoms with Crippen LogP contribution in [0.3, 0.4) is 0 Å². The summed E-state index contributed by atoms with van der Waals surface area (Å²) in [5, 5.41) is 3.96. The third kappa shape index (κ3) is 5.46. The molecule has 0 amide bonds. The maximum Gasteiger partial charge on any atom is 0.180 e. The molecule has 0 aliphatic rings. The van der Waals surface area contributed by atoms with Crippen LogP contribution in [0.15, 0.2) is 60.9 Å². The van der Waals surface area contributed by atoms with E-state index < -0.39 is 0 Å². The molecular formula is C22H23ClN2O2. The lowest BCUT2D eigenvalue weighted by atomic mass is 10.1. The number of ether oxygens (including phenoxy) is 2. The summed E-state index contributed by atoms with van der Waals surface area (Å²) in [6.45, 7) is 3.95. The predicted octanol–water partition coefficient (Wildman–Crippen LogP) is 4.92. The number of halogens is 1. The standard InChI is InChI=1S/C22H23ClN2O2/c1-16-5-7-17(8-6-16)12-25-14-19-10-20(23)22(21(11-19)26-2)27-15-18-4-3-9-24-13-18/h3-11,13,25H,12,14-15H2,1-2H3. The SMILES string of the molecule is COc1cc(CNCc2ccc(C)cc2)cc(Cl)c1OCc1cccnc1. The number of nitrogens with zero attached hydrogens (tertiary/aromatic N) is 1. The minimum atomic E-state index is 0.384. The number of aromatic nitrogens is 1. The van der Waals surface area contributed by atoms with Gasteiger partial charge in [0, 0.05) is 31.0 Å². The van der Waals surface area contributed by atoms with Crippen LogP contribution in [0.1, 0.15) is 22.3 Å². The smallest absolute Gasteiger partial charge is 0.180 e. The number of hydrogen-bond donors (Lipinski definition) is 1. The highest BCUT2D eigenvalue weighted by Crippen LogP contribution is 2.37. The minimum Gasteiger partial charge on any atom is -0.493 e. The van der Waals surface area contributed by atoms with E-state index in [2.05, 4.69) is 41.5 Å². The van der Waals surface area contributed by atoms with Crippen LogP contribution in [0.25, 0.3) is 0 Å². The molecule has 1 aromatic heterocycles. The molecule has 0 atom stereocenters. The maximum absolute atomic E-state index is 6.44. The number of benzene rings is 2. The fourth-order valence-electron chi connectivity index (χ4n) is 2.71. The van der Waals surface area contributed by atoms with Crippen molar-refractivity contribution in [2.24, 2.45) is 0 Å². The highest BCUT2D eigenvalue weighted by atomic mass is 35.5. The van der Waals surface area contributed by atoms with Gasteiger partial charge in [0.05, 0.1) is 12.1 Å². The minimum absolute atomic E-state index is 0.384. The summed E-state index contributed by atoms with van der Waals surface area (Å²) in [5.41, 5.74) is 4.52. The Kier molecular flexibility index (Phi) is 6.69. The van der Waals surface area contributed by atoms with E-state index in [1.807, 2.05) is 24.3 Å². The first kappa shape index (κ1) is 19.2. The summed E-state index contributed by atoms with van der Waals surface area (Å²) in [4.78, 5) is 4.09. The molecule has 0 bridgehead atoms. The Balaban J connectivity index is 1.63. The first-order chi connectivity index (χ1) is 13.2. The molecule has 0 spiro atoms. The number of hydrogen-bond acceptors (Lipinski definition) is 4. The van der Waals surface area contributed by atoms with Gasteiger partial charge in [-0.05, 0) is 36.2 Å². The van der Waals surface area contributed by atoms with Crippen LogP contribution >= 0.6 is 11.6 Å². The molecule has 1 heterocycles. The monoisotopic (exact) mass is 382 g/mol. The lowest BCUT2D eigenvalue weighted by Gasteiger charge is -2.14. The molecule has 0 aliphatic carbocycles. The van der Waals surface area contributed by atoms with Crippen LogP contribution < -0.4 is 14.8 Å². The van der Waals surface area contributed by atoms with Gasteiger partial charge in [0.2, 0.25) is 0 Å². The summed E-state index contributed by atoms with van der Waals surface area (Å²) in [6, 6.07) is 16.2. The quantitative estimate of drug-likeness (QED) is 0.600. The van der Waals surface area contributed by atoms with E-state index in [1.54, 1.807) is 19.5 Å². The zero-order valence-corrected chi connectivity index (χ0v) is 16.3. The molecule has 0 radical (unpaired) electrons. The van der Waals surface area contributed by atoms with Crippen molar-refractivity contribution in [1.29, 1.82) is 0 Å². The molecule has 4 nitrogen and oxygen atoms in total. The number of rotatable bonds is 8. The number of nitrogens with one attached hydrogen (secondary N) is 1. The van der Waals surface area contributed by atoms with Crippen molar-refractivity contribution in [3.05, 3.63) is 88.2 Å². The van der Waals surface area contributed by atoms with Gasteiger partial charge in [-0.3, -0.25) is 4.98 Å². The highest BCUT2D eigenvalue weighted by molar-refractivity contribution is 6.32. The van der Waals surface area contributed by atoms with Crippen molar-refractivity contribution < 1.29 is 9.47 Å². The highest BCUT2D eigenvalue weighted by Gasteiger charge is 2.12. The van der Waals surface area contributed by atoms with Crippen molar-refractivity contribution in [3.8, 4) is 11.5 Å². The molecule has 0 unspecified atom stereocenters. The van der Waals surface area contributed by atoms with Gasteiger partial charge in [0.15, 0.2) is 11.5 Å². The van der Waals surface area contributed by atoms with Crippen LogP contribution in [0.5, 0.6) is 11.5 Å². The normalized spacial score (nSPS) is 10.6. The van der Waals surface area contributed by atoms with E-state index in [0.29, 0.717) is 29.7 Å². The summed E-state index contributed by atoms with van der Waals surface area (Å²) >= 11 is 6.44. The molecule has 2 aromatic carbocycles. The lowest BCUT2D eigenvalue weighted by Crippen LogP contribution is -2.13. The summed E-state index contributed by atoms with van der Waals surface area (Å²) in [5.74, 6) is 1.17. The Morgan fingerprint density at radius 3 is 2.48 bits per heavy atom. The van der Waals surface area contributed by atoms with Gasteiger partial charge < -0.3 is 14.8 Å². The van der Waals surface area contributed by atoms with Gasteiger partial charge in [-0.1, -0.05) is 47.5 Å². The lowest BCUT2D eigenvalue weighted by molar-refractivity contribution is 0.284. The second-order valence-corrected chi connectivity index (χ2v) is 6.76. The van der Waals surface area contributed by atoms with Gasteiger partial charge in [-0.15, -0.1) is 0 Å². The molecule has 0 fully saturated rings. The number of aryl methyl sites for hydroxylation is 1. The average molecular weight is 383 g/mol. The molecule has 0 saturated heterocycles. The van der Waals surface area contributed by atoms with Gasteiger partial charge in [-0.2, -0.15) is 0 Å². The molecule has 3 rings (SSSR count). The van der Waals surface area contributed by atoms with Gasteiger partial charge in [0.25, 0.3) is 0 Å². The van der Waals surface area contributed by atoms with Gasteiger partial charge >= 0.3 is 0 Å². The topological polar surface area (TPSA) is 43.4 Å². The van der Waals surface area contributed by atoms with E-state index in [4.69, 9.17) is 21.1 Å². The molecule has 1 N–H and O–H groups in total. The van der Waals surface area contributed by atoms with Crippen molar-refractivity contribution in [3.63, 3.8) is 0 Å². The molecule has 0 aliphatic heterocycles. The first-order valence-electron chi connectivity index (χ1n) is 8.80. The van der Waals surface area contributed by atoms with E-state index >= 15 is 0 Å². The Morgan fingerprint density at radius 1 is 1.00 bits per heavy atom. The molecule has 3 aromatic rings. The summed E-state index contributed by atoms with van der Waals surface area (Å²) in [6.07, 6.45) is 3.50. The van der Waals surface area contributed by atoms with Crippen LogP contribution in [-0.2, 0) is 19.7 Å². The largest absolute Gasteiger partial charge is 0.493 e. The zero-order valence-electron chi connectivity index (χ0n) is 15.5. The fraction of sp³-hybridized carbons (Fsp3) is 0.227. The fourth-order valence-corrected chi connectivity index (χ4v) is 3.00. The van der Waals surface area contributed by atoms with E-state index in [0.717, 1.165) is 17.7 Å². The molecule has 140 valence electrons. The molecule has 5 heteroatoms. The Bertz CT molecular complexity index is 867. The van der Waals surface area contributed by atoms with Gasteiger partial charge in [0.1, 0.15) is 6.61 Å². The van der Waals surface area contributed by atoms with Crippen LogP contribution in [0.4, 0.5) is 0 Å².